The van der Waals surface area contributed by atoms with Crippen molar-refractivity contribution >= 4 is 11.9 Å². The molecule has 0 saturated carbocycles. The highest BCUT2D eigenvalue weighted by Crippen LogP contribution is 2.45. The van der Waals surface area contributed by atoms with E-state index in [1.165, 1.54) is 5.56 Å². The van der Waals surface area contributed by atoms with Crippen LogP contribution in [0.3, 0.4) is 0 Å². The molecular formula is C17H23N3O. The van der Waals surface area contributed by atoms with Crippen LogP contribution in [0.25, 0.3) is 0 Å². The zero-order valence-corrected chi connectivity index (χ0v) is 13.0. The summed E-state index contributed by atoms with van der Waals surface area (Å²) >= 11 is 0. The van der Waals surface area contributed by atoms with Crippen LogP contribution >= 0.6 is 0 Å². The monoisotopic (exact) mass is 285 g/mol. The molecule has 1 aromatic rings. The smallest absolute Gasteiger partial charge is 0.257 e. The largest absolute Gasteiger partial charge is 0.338 e. The number of guanidine groups is 1. The normalized spacial score (nSPS) is 28.3. The first kappa shape index (κ1) is 14.1. The minimum Gasteiger partial charge on any atom is -0.338 e. The molecule has 112 valence electrons. The van der Waals surface area contributed by atoms with Crippen LogP contribution in [0.5, 0.6) is 0 Å². The van der Waals surface area contributed by atoms with Crippen molar-refractivity contribution in [1.29, 1.82) is 0 Å². The fourth-order valence-corrected chi connectivity index (χ4v) is 3.39. The fraction of sp³-hybridized carbons (Fsp3) is 0.529. The summed E-state index contributed by atoms with van der Waals surface area (Å²) in [5.41, 5.74) is 1.82. The predicted molar refractivity (Wildman–Crippen MR) is 84.3 cm³/mol. The van der Waals surface area contributed by atoms with Crippen molar-refractivity contribution < 1.29 is 4.79 Å². The average Bonchev–Trinajstić information content (AvgIpc) is 2.79. The van der Waals surface area contributed by atoms with Crippen LogP contribution in [0.2, 0.25) is 0 Å². The van der Waals surface area contributed by atoms with Gasteiger partial charge in [-0.3, -0.25) is 15.1 Å². The van der Waals surface area contributed by atoms with Crippen LogP contribution in [0.4, 0.5) is 0 Å². The third-order valence-electron chi connectivity index (χ3n) is 4.69. The molecule has 4 nitrogen and oxygen atoms in total. The minimum atomic E-state index is -0.640. The Bertz CT molecular complexity index is 606. The van der Waals surface area contributed by atoms with Gasteiger partial charge in [-0.15, -0.1) is 0 Å². The summed E-state index contributed by atoms with van der Waals surface area (Å²) in [5.74, 6) is 0.650. The van der Waals surface area contributed by atoms with Crippen LogP contribution in [0.15, 0.2) is 29.3 Å². The second kappa shape index (κ2) is 4.86. The molecule has 21 heavy (non-hydrogen) atoms. The molecule has 2 aliphatic rings. The first-order valence-corrected chi connectivity index (χ1v) is 7.74. The van der Waals surface area contributed by atoms with Gasteiger partial charge in [-0.2, -0.15) is 0 Å². The number of nitrogens with one attached hydrogen (secondary N) is 2. The Labute approximate surface area is 126 Å². The number of nitrogens with zero attached hydrogens (tertiary/aromatic N) is 1. The molecule has 1 saturated heterocycles. The molecule has 2 N–H and O–H groups in total. The molecule has 1 heterocycles. The summed E-state index contributed by atoms with van der Waals surface area (Å²) in [6.45, 7) is 7.30. The van der Waals surface area contributed by atoms with E-state index in [0.29, 0.717) is 5.96 Å². The van der Waals surface area contributed by atoms with Crippen LogP contribution in [0, 0.1) is 0 Å². The molecule has 0 radical (unpaired) electrons. The molecule has 1 fully saturated rings. The lowest BCUT2D eigenvalue weighted by Gasteiger charge is -2.41. The van der Waals surface area contributed by atoms with E-state index in [-0.39, 0.29) is 11.3 Å². The number of hydrogen-bond donors (Lipinski definition) is 2. The van der Waals surface area contributed by atoms with Gasteiger partial charge >= 0.3 is 0 Å². The van der Waals surface area contributed by atoms with E-state index in [4.69, 9.17) is 0 Å². The quantitative estimate of drug-likeness (QED) is 0.877. The highest BCUT2D eigenvalue weighted by molar-refractivity contribution is 6.09. The number of fused-ring (bicyclic) bond motifs is 2. The molecule has 1 aliphatic heterocycles. The number of hydrogen-bond acceptors (Lipinski definition) is 2. The van der Waals surface area contributed by atoms with Gasteiger partial charge in [-0.1, -0.05) is 45.0 Å². The van der Waals surface area contributed by atoms with Crippen molar-refractivity contribution in [3.05, 3.63) is 35.4 Å². The summed E-state index contributed by atoms with van der Waals surface area (Å²) in [5, 5.41) is 6.29. The standard InChI is InChI=1S/C17H23N3O/c1-4-11-18-15-19-14(21)17(20-15)10-9-16(2,3)12-7-5-6-8-13(12)17/h5-8H,4,9-11H2,1-3H3,(H2,18,19,20,21). The number of amides is 1. The van der Waals surface area contributed by atoms with E-state index in [2.05, 4.69) is 54.6 Å². The Balaban J connectivity index is 2.05. The van der Waals surface area contributed by atoms with Crippen molar-refractivity contribution in [2.24, 2.45) is 4.99 Å². The van der Waals surface area contributed by atoms with Gasteiger partial charge in [0, 0.05) is 6.54 Å². The zero-order chi connectivity index (χ0) is 15.1. The second-order valence-corrected chi connectivity index (χ2v) is 6.64. The van der Waals surface area contributed by atoms with E-state index in [1.807, 2.05) is 6.07 Å². The van der Waals surface area contributed by atoms with Crippen LogP contribution in [0.1, 0.15) is 51.2 Å². The van der Waals surface area contributed by atoms with Crippen molar-refractivity contribution in [1.82, 2.24) is 10.6 Å². The summed E-state index contributed by atoms with van der Waals surface area (Å²) in [7, 11) is 0. The summed E-state index contributed by atoms with van der Waals surface area (Å²) < 4.78 is 0. The number of benzene rings is 1. The van der Waals surface area contributed by atoms with Gasteiger partial charge in [0.2, 0.25) is 0 Å². The fourth-order valence-electron chi connectivity index (χ4n) is 3.39. The molecule has 4 heteroatoms. The van der Waals surface area contributed by atoms with Gasteiger partial charge in [0.05, 0.1) is 0 Å². The Hall–Kier alpha value is -1.84. The van der Waals surface area contributed by atoms with E-state index >= 15 is 0 Å². The number of aliphatic imine (C=N–C) groups is 1. The maximum Gasteiger partial charge on any atom is 0.257 e. The summed E-state index contributed by atoms with van der Waals surface area (Å²) in [6.07, 6.45) is 2.75. The predicted octanol–water partition coefficient (Wildman–Crippen LogP) is 2.44. The van der Waals surface area contributed by atoms with Gasteiger partial charge in [0.15, 0.2) is 5.96 Å². The molecule has 1 aromatic carbocycles. The van der Waals surface area contributed by atoms with Crippen LogP contribution < -0.4 is 10.6 Å². The molecule has 1 spiro atoms. The molecular weight excluding hydrogens is 262 g/mol. The van der Waals surface area contributed by atoms with Crippen LogP contribution in [-0.4, -0.2) is 18.4 Å². The number of carbonyl (C=O) groups is 1. The minimum absolute atomic E-state index is 0.0281. The summed E-state index contributed by atoms with van der Waals surface area (Å²) in [4.78, 5) is 17.1. The first-order chi connectivity index (χ1) is 9.99. The molecule has 1 amide bonds. The molecule has 1 unspecified atom stereocenters. The first-order valence-electron chi connectivity index (χ1n) is 7.74. The SMILES string of the molecule is CCCN=C1NC(=O)C2(CCC(C)(C)c3ccccc32)N1. The maximum atomic E-state index is 12.6. The lowest BCUT2D eigenvalue weighted by molar-refractivity contribution is -0.125. The molecule has 0 aromatic heterocycles. The summed E-state index contributed by atoms with van der Waals surface area (Å²) in [6, 6.07) is 8.29. The second-order valence-electron chi connectivity index (χ2n) is 6.64. The van der Waals surface area contributed by atoms with E-state index in [1.54, 1.807) is 0 Å². The zero-order valence-electron chi connectivity index (χ0n) is 13.0. The van der Waals surface area contributed by atoms with Crippen molar-refractivity contribution in [3.63, 3.8) is 0 Å². The van der Waals surface area contributed by atoms with Crippen molar-refractivity contribution in [2.45, 2.75) is 51.0 Å². The van der Waals surface area contributed by atoms with Crippen molar-refractivity contribution in [2.75, 3.05) is 6.54 Å². The van der Waals surface area contributed by atoms with Crippen molar-refractivity contribution in [3.8, 4) is 0 Å². The van der Waals surface area contributed by atoms with E-state index in [9.17, 15) is 4.79 Å². The van der Waals surface area contributed by atoms with Crippen LogP contribution in [-0.2, 0) is 15.7 Å². The third kappa shape index (κ3) is 2.13. The number of carbonyl (C=O) groups excluding carboxylic acids is 1. The lowest BCUT2D eigenvalue weighted by atomic mass is 9.65. The van der Waals surface area contributed by atoms with E-state index < -0.39 is 5.54 Å². The van der Waals surface area contributed by atoms with Gasteiger partial charge in [0.25, 0.3) is 5.91 Å². The Morgan fingerprint density at radius 3 is 2.62 bits per heavy atom. The third-order valence-corrected chi connectivity index (χ3v) is 4.69. The topological polar surface area (TPSA) is 53.5 Å². The highest BCUT2D eigenvalue weighted by Gasteiger charge is 2.51. The molecule has 1 aliphatic carbocycles. The van der Waals surface area contributed by atoms with Gasteiger partial charge in [-0.05, 0) is 35.8 Å². The number of rotatable bonds is 2. The highest BCUT2D eigenvalue weighted by atomic mass is 16.2. The van der Waals surface area contributed by atoms with Gasteiger partial charge in [-0.25, -0.2) is 0 Å². The van der Waals surface area contributed by atoms with E-state index in [0.717, 1.165) is 31.4 Å². The molecule has 0 bridgehead atoms. The Kier molecular flexibility index (Phi) is 3.27. The Morgan fingerprint density at radius 1 is 1.19 bits per heavy atom. The Morgan fingerprint density at radius 2 is 1.90 bits per heavy atom. The lowest BCUT2D eigenvalue weighted by Crippen LogP contribution is -2.49. The molecule has 3 rings (SSSR count). The average molecular weight is 285 g/mol. The van der Waals surface area contributed by atoms with Gasteiger partial charge in [0.1, 0.15) is 5.54 Å². The molecule has 1 atom stereocenters. The van der Waals surface area contributed by atoms with Gasteiger partial charge < -0.3 is 5.32 Å². The maximum absolute atomic E-state index is 12.6.